The molecule has 0 bridgehead atoms. The maximum atomic E-state index is 11.7. The largest absolute Gasteiger partial charge is 0.277 e. The van der Waals surface area contributed by atoms with Crippen molar-refractivity contribution in [2.75, 3.05) is 14.2 Å². The average Bonchev–Trinajstić information content (AvgIpc) is 2.26. The van der Waals surface area contributed by atoms with E-state index in [1.165, 1.54) is 17.7 Å². The number of hydrogen-bond acceptors (Lipinski definition) is 2. The van der Waals surface area contributed by atoms with Crippen molar-refractivity contribution in [1.82, 2.24) is 5.06 Å². The van der Waals surface area contributed by atoms with Gasteiger partial charge in [-0.15, -0.1) is 0 Å². The maximum Gasteiger partial charge on any atom is 0.277 e. The molecule has 3 heteroatoms. The van der Waals surface area contributed by atoms with Gasteiger partial charge >= 0.3 is 0 Å². The lowest BCUT2D eigenvalue weighted by Crippen LogP contribution is -2.25. The summed E-state index contributed by atoms with van der Waals surface area (Å²) in [4.78, 5) is 16.6. The molecular weight excluding hydrogens is 202 g/mol. The highest BCUT2D eigenvalue weighted by Crippen LogP contribution is 2.22. The molecule has 0 saturated carbocycles. The van der Waals surface area contributed by atoms with E-state index >= 15 is 0 Å². The molecule has 0 atom stereocenters. The van der Waals surface area contributed by atoms with Crippen LogP contribution in [0.4, 0.5) is 0 Å². The zero-order chi connectivity index (χ0) is 12.3. The molecule has 0 unspecified atom stereocenters. The predicted octanol–water partition coefficient (Wildman–Crippen LogP) is 2.62. The van der Waals surface area contributed by atoms with Crippen molar-refractivity contribution in [3.8, 4) is 0 Å². The van der Waals surface area contributed by atoms with E-state index in [0.29, 0.717) is 5.56 Å². The molecule has 0 fully saturated rings. The first-order valence-corrected chi connectivity index (χ1v) is 5.29. The smallest absolute Gasteiger partial charge is 0.274 e. The van der Waals surface area contributed by atoms with Gasteiger partial charge in [0.2, 0.25) is 0 Å². The second-order valence-electron chi connectivity index (χ2n) is 4.81. The maximum absolute atomic E-state index is 11.7. The van der Waals surface area contributed by atoms with Crippen LogP contribution in [-0.4, -0.2) is 25.1 Å². The number of hydroxylamine groups is 2. The molecule has 1 rings (SSSR count). The van der Waals surface area contributed by atoms with Gasteiger partial charge in [-0.2, -0.15) is 0 Å². The minimum atomic E-state index is -0.136. The standard InChI is InChI=1S/C13H19NO2/c1-13(2,3)11-8-6-10(7-9-11)12(15)14(4)16-5/h6-9H,1-5H3. The van der Waals surface area contributed by atoms with Crippen LogP contribution >= 0.6 is 0 Å². The highest BCUT2D eigenvalue weighted by Gasteiger charge is 2.15. The van der Waals surface area contributed by atoms with E-state index in [4.69, 9.17) is 4.84 Å². The number of amides is 1. The van der Waals surface area contributed by atoms with Crippen LogP contribution in [0.3, 0.4) is 0 Å². The van der Waals surface area contributed by atoms with Gasteiger partial charge in [0.1, 0.15) is 0 Å². The lowest BCUT2D eigenvalue weighted by molar-refractivity contribution is -0.0757. The average molecular weight is 221 g/mol. The van der Waals surface area contributed by atoms with Crippen molar-refractivity contribution in [2.45, 2.75) is 26.2 Å². The highest BCUT2D eigenvalue weighted by atomic mass is 16.7. The molecule has 16 heavy (non-hydrogen) atoms. The number of carbonyl (C=O) groups excluding carboxylic acids is 1. The topological polar surface area (TPSA) is 29.5 Å². The van der Waals surface area contributed by atoms with Crippen LogP contribution in [0.15, 0.2) is 24.3 Å². The summed E-state index contributed by atoms with van der Waals surface area (Å²) in [5.41, 5.74) is 1.95. The van der Waals surface area contributed by atoms with Crippen LogP contribution in [0.1, 0.15) is 36.7 Å². The van der Waals surface area contributed by atoms with E-state index in [1.54, 1.807) is 7.05 Å². The molecule has 1 aromatic rings. The van der Waals surface area contributed by atoms with Crippen molar-refractivity contribution in [3.05, 3.63) is 35.4 Å². The van der Waals surface area contributed by atoms with E-state index in [2.05, 4.69) is 20.8 Å². The van der Waals surface area contributed by atoms with Crippen LogP contribution in [0.25, 0.3) is 0 Å². The summed E-state index contributed by atoms with van der Waals surface area (Å²) in [7, 11) is 3.07. The molecule has 0 radical (unpaired) electrons. The number of rotatable bonds is 2. The van der Waals surface area contributed by atoms with E-state index in [9.17, 15) is 4.79 Å². The molecule has 3 nitrogen and oxygen atoms in total. The first kappa shape index (κ1) is 12.7. The second-order valence-corrected chi connectivity index (χ2v) is 4.81. The second kappa shape index (κ2) is 4.66. The van der Waals surface area contributed by atoms with Crippen LogP contribution < -0.4 is 0 Å². The van der Waals surface area contributed by atoms with Crippen molar-refractivity contribution in [3.63, 3.8) is 0 Å². The Morgan fingerprint density at radius 1 is 1.19 bits per heavy atom. The quantitative estimate of drug-likeness (QED) is 0.718. The Balaban J connectivity index is 2.91. The number of benzene rings is 1. The van der Waals surface area contributed by atoms with Gasteiger partial charge in [-0.25, -0.2) is 5.06 Å². The summed E-state index contributed by atoms with van der Waals surface area (Å²) >= 11 is 0. The molecule has 1 amide bonds. The number of hydrogen-bond donors (Lipinski definition) is 0. The molecule has 0 aliphatic heterocycles. The third-order valence-corrected chi connectivity index (χ3v) is 2.56. The van der Waals surface area contributed by atoms with E-state index in [1.807, 2.05) is 24.3 Å². The summed E-state index contributed by atoms with van der Waals surface area (Å²) in [6.45, 7) is 6.43. The molecule has 0 aliphatic carbocycles. The van der Waals surface area contributed by atoms with Crippen LogP contribution in [0.2, 0.25) is 0 Å². The lowest BCUT2D eigenvalue weighted by atomic mass is 9.87. The molecule has 0 aromatic heterocycles. The minimum absolute atomic E-state index is 0.106. The van der Waals surface area contributed by atoms with Crippen molar-refractivity contribution < 1.29 is 9.63 Å². The first-order valence-electron chi connectivity index (χ1n) is 5.29. The fourth-order valence-electron chi connectivity index (χ4n) is 1.38. The van der Waals surface area contributed by atoms with E-state index < -0.39 is 0 Å². The molecule has 0 heterocycles. The molecule has 0 saturated heterocycles. The Bertz CT molecular complexity index is 363. The zero-order valence-corrected chi connectivity index (χ0v) is 10.6. The minimum Gasteiger partial charge on any atom is -0.274 e. The van der Waals surface area contributed by atoms with Gasteiger partial charge in [0.25, 0.3) is 5.91 Å². The molecule has 0 N–H and O–H groups in total. The Morgan fingerprint density at radius 3 is 2.06 bits per heavy atom. The Hall–Kier alpha value is -1.35. The van der Waals surface area contributed by atoms with Crippen LogP contribution in [0, 0.1) is 0 Å². The SMILES string of the molecule is CON(C)C(=O)c1ccc(C(C)(C)C)cc1. The zero-order valence-electron chi connectivity index (χ0n) is 10.6. The van der Waals surface area contributed by atoms with Gasteiger partial charge in [-0.05, 0) is 23.1 Å². The Labute approximate surface area is 97.0 Å². The third-order valence-electron chi connectivity index (χ3n) is 2.56. The third kappa shape index (κ3) is 2.83. The monoisotopic (exact) mass is 221 g/mol. The van der Waals surface area contributed by atoms with Gasteiger partial charge in [-0.3, -0.25) is 9.63 Å². The number of nitrogens with zero attached hydrogens (tertiary/aromatic N) is 1. The summed E-state index contributed by atoms with van der Waals surface area (Å²) in [6, 6.07) is 7.63. The van der Waals surface area contributed by atoms with Crippen molar-refractivity contribution >= 4 is 5.91 Å². The van der Waals surface area contributed by atoms with Gasteiger partial charge in [0, 0.05) is 12.6 Å². The number of carbonyl (C=O) groups is 1. The predicted molar refractivity (Wildman–Crippen MR) is 64.2 cm³/mol. The summed E-state index contributed by atoms with van der Waals surface area (Å²) in [5, 5.41) is 1.21. The van der Waals surface area contributed by atoms with Crippen LogP contribution in [-0.2, 0) is 10.3 Å². The highest BCUT2D eigenvalue weighted by molar-refractivity contribution is 5.93. The van der Waals surface area contributed by atoms with Crippen LogP contribution in [0.5, 0.6) is 0 Å². The molecular formula is C13H19NO2. The van der Waals surface area contributed by atoms with Gasteiger partial charge in [0.15, 0.2) is 0 Å². The first-order chi connectivity index (χ1) is 7.36. The van der Waals surface area contributed by atoms with E-state index in [0.717, 1.165) is 0 Å². The van der Waals surface area contributed by atoms with E-state index in [-0.39, 0.29) is 11.3 Å². The summed E-state index contributed by atoms with van der Waals surface area (Å²) in [5.74, 6) is -0.136. The van der Waals surface area contributed by atoms with Crippen molar-refractivity contribution in [2.24, 2.45) is 0 Å². The molecule has 88 valence electrons. The molecule has 0 aliphatic rings. The van der Waals surface area contributed by atoms with Gasteiger partial charge in [-0.1, -0.05) is 32.9 Å². The van der Waals surface area contributed by atoms with Crippen molar-refractivity contribution in [1.29, 1.82) is 0 Å². The molecule has 1 aromatic carbocycles. The fraction of sp³-hybridized carbons (Fsp3) is 0.462. The normalized spacial score (nSPS) is 11.3. The van der Waals surface area contributed by atoms with Gasteiger partial charge in [0.05, 0.1) is 7.11 Å². The van der Waals surface area contributed by atoms with Gasteiger partial charge < -0.3 is 0 Å². The summed E-state index contributed by atoms with van der Waals surface area (Å²) in [6.07, 6.45) is 0. The lowest BCUT2D eigenvalue weighted by Gasteiger charge is -2.19. The summed E-state index contributed by atoms with van der Waals surface area (Å²) < 4.78 is 0. The Kier molecular flexibility index (Phi) is 3.70. The Morgan fingerprint density at radius 2 is 1.69 bits per heavy atom. The fourth-order valence-corrected chi connectivity index (χ4v) is 1.38. The molecule has 0 spiro atoms.